The molecule has 28 heavy (non-hydrogen) atoms. The molecule has 2 fully saturated rings. The maximum atomic E-state index is 13.9. The van der Waals surface area contributed by atoms with Crippen molar-refractivity contribution in [2.45, 2.75) is 75.4 Å². The Morgan fingerprint density at radius 3 is 2.54 bits per heavy atom. The van der Waals surface area contributed by atoms with Crippen LogP contribution in [0.15, 0.2) is 16.6 Å². The van der Waals surface area contributed by atoms with Crippen LogP contribution in [0.5, 0.6) is 0 Å². The minimum atomic E-state index is -3.53. The highest BCUT2D eigenvalue weighted by molar-refractivity contribution is 9.10. The van der Waals surface area contributed by atoms with Crippen LogP contribution in [0.3, 0.4) is 0 Å². The lowest BCUT2D eigenvalue weighted by Crippen LogP contribution is -2.59. The van der Waals surface area contributed by atoms with E-state index in [2.05, 4.69) is 20.8 Å². The highest BCUT2D eigenvalue weighted by atomic mass is 79.9. The van der Waals surface area contributed by atoms with Gasteiger partial charge in [-0.2, -0.15) is 4.31 Å². The van der Waals surface area contributed by atoms with Gasteiger partial charge in [0.15, 0.2) is 0 Å². The van der Waals surface area contributed by atoms with Crippen molar-refractivity contribution in [1.82, 2.24) is 4.31 Å². The van der Waals surface area contributed by atoms with Gasteiger partial charge < -0.3 is 4.90 Å². The van der Waals surface area contributed by atoms with Crippen molar-refractivity contribution in [3.63, 3.8) is 0 Å². The lowest BCUT2D eigenvalue weighted by atomic mass is 9.73. The highest BCUT2D eigenvalue weighted by Crippen LogP contribution is 2.52. The van der Waals surface area contributed by atoms with Crippen molar-refractivity contribution in [2.75, 3.05) is 18.0 Å². The summed E-state index contributed by atoms with van der Waals surface area (Å²) in [6.07, 6.45) is 2.34. The third kappa shape index (κ3) is 3.21. The van der Waals surface area contributed by atoms with Crippen LogP contribution in [0.4, 0.5) is 10.1 Å². The fourth-order valence-corrected chi connectivity index (χ4v) is 7.93. The molecule has 3 aliphatic rings. The van der Waals surface area contributed by atoms with E-state index < -0.39 is 26.5 Å². The average molecular weight is 494 g/mol. The van der Waals surface area contributed by atoms with Gasteiger partial charge in [0.05, 0.1) is 10.4 Å². The molecule has 0 N–H and O–H groups in total. The summed E-state index contributed by atoms with van der Waals surface area (Å²) in [5.74, 6) is 0. The number of alkyl halides is 1. The lowest BCUT2D eigenvalue weighted by molar-refractivity contribution is 0.0325. The van der Waals surface area contributed by atoms with Crippen LogP contribution in [-0.2, 0) is 16.4 Å². The maximum absolute atomic E-state index is 13.9. The van der Waals surface area contributed by atoms with Crippen molar-refractivity contribution >= 4 is 43.2 Å². The summed E-state index contributed by atoms with van der Waals surface area (Å²) in [5.41, 5.74) is 1.72. The second kappa shape index (κ2) is 6.82. The van der Waals surface area contributed by atoms with Crippen LogP contribution in [0.2, 0.25) is 5.02 Å². The number of sulfonamides is 1. The Morgan fingerprint density at radius 2 is 1.93 bits per heavy atom. The first kappa shape index (κ1) is 20.9. The fourth-order valence-electron chi connectivity index (χ4n) is 5.07. The Hall–Kier alpha value is -0.370. The van der Waals surface area contributed by atoms with Crippen molar-refractivity contribution in [3.8, 4) is 0 Å². The quantitative estimate of drug-likeness (QED) is 0.587. The number of aryl methyl sites for hydroxylation is 1. The molecule has 2 aliphatic heterocycles. The van der Waals surface area contributed by atoms with Crippen LogP contribution in [0, 0.1) is 0 Å². The first-order valence-corrected chi connectivity index (χ1v) is 12.5. The molecule has 0 aromatic heterocycles. The van der Waals surface area contributed by atoms with Crippen LogP contribution < -0.4 is 4.90 Å². The van der Waals surface area contributed by atoms with E-state index in [1.165, 1.54) is 5.56 Å². The Morgan fingerprint density at radius 1 is 1.25 bits per heavy atom. The Balaban J connectivity index is 1.71. The van der Waals surface area contributed by atoms with Crippen LogP contribution in [-0.4, -0.2) is 48.3 Å². The zero-order chi connectivity index (χ0) is 20.5. The van der Waals surface area contributed by atoms with Gasteiger partial charge in [-0.1, -0.05) is 11.6 Å². The molecule has 1 spiro atoms. The minimum Gasteiger partial charge on any atom is -0.366 e. The van der Waals surface area contributed by atoms with E-state index in [1.54, 1.807) is 25.1 Å². The molecule has 1 saturated heterocycles. The summed E-state index contributed by atoms with van der Waals surface area (Å²) < 4.78 is 42.2. The molecule has 4 nitrogen and oxygen atoms in total. The molecular weight excluding hydrogens is 467 g/mol. The number of hydrogen-bond donors (Lipinski definition) is 0. The molecule has 4 rings (SSSR count). The molecule has 2 heterocycles. The van der Waals surface area contributed by atoms with E-state index in [9.17, 15) is 12.8 Å². The smallest absolute Gasteiger partial charge is 0.219 e. The van der Waals surface area contributed by atoms with Crippen molar-refractivity contribution in [1.29, 1.82) is 0 Å². The van der Waals surface area contributed by atoms with Gasteiger partial charge in [0.25, 0.3) is 0 Å². The maximum Gasteiger partial charge on any atom is 0.219 e. The largest absolute Gasteiger partial charge is 0.366 e. The summed E-state index contributed by atoms with van der Waals surface area (Å²) in [6, 6.07) is 3.94. The first-order chi connectivity index (χ1) is 12.9. The van der Waals surface area contributed by atoms with Crippen molar-refractivity contribution < 1.29 is 12.8 Å². The van der Waals surface area contributed by atoms with Crippen molar-refractivity contribution in [2.24, 2.45) is 0 Å². The van der Waals surface area contributed by atoms with Gasteiger partial charge in [0, 0.05) is 34.2 Å². The Bertz CT molecular complexity index is 896. The standard InChI is InChI=1S/C20H27BrClFN2O2S/c1-19(2,3)28(26,27)25-12-16(11-20(25)9-15(23)10-20)24-6-4-5-13-7-14(22)8-17(21)18(13)24/h7-8,15-16H,4-6,9-12H2,1-3H3. The predicted molar refractivity (Wildman–Crippen MR) is 115 cm³/mol. The molecule has 1 saturated carbocycles. The third-order valence-electron chi connectivity index (χ3n) is 6.47. The molecule has 156 valence electrons. The van der Waals surface area contributed by atoms with E-state index in [-0.39, 0.29) is 6.04 Å². The molecule has 1 aromatic carbocycles. The number of fused-ring (bicyclic) bond motifs is 1. The summed E-state index contributed by atoms with van der Waals surface area (Å²) in [7, 11) is -3.53. The third-order valence-corrected chi connectivity index (χ3v) is 9.96. The average Bonchev–Trinajstić information content (AvgIpc) is 2.93. The van der Waals surface area contributed by atoms with Crippen LogP contribution in [0.1, 0.15) is 52.0 Å². The lowest BCUT2D eigenvalue weighted by Gasteiger charge is -2.48. The molecular formula is C20H27BrClFN2O2S. The second-order valence-corrected chi connectivity index (χ2v) is 13.3. The number of benzene rings is 1. The highest BCUT2D eigenvalue weighted by Gasteiger charge is 2.60. The van der Waals surface area contributed by atoms with E-state index in [4.69, 9.17) is 11.6 Å². The fraction of sp³-hybridized carbons (Fsp3) is 0.700. The molecule has 8 heteroatoms. The van der Waals surface area contributed by atoms with Gasteiger partial charge >= 0.3 is 0 Å². The molecule has 0 radical (unpaired) electrons. The normalized spacial score (nSPS) is 31.1. The van der Waals surface area contributed by atoms with Crippen LogP contribution in [0.25, 0.3) is 0 Å². The van der Waals surface area contributed by atoms with Gasteiger partial charge in [-0.3, -0.25) is 0 Å². The molecule has 0 bridgehead atoms. The SMILES string of the molecule is CC(C)(C)S(=O)(=O)N1CC(N2CCCc3cc(Cl)cc(Br)c32)CC12CC(F)C2. The van der Waals surface area contributed by atoms with Gasteiger partial charge in [0.1, 0.15) is 6.17 Å². The zero-order valence-corrected chi connectivity index (χ0v) is 19.7. The molecule has 1 unspecified atom stereocenters. The van der Waals surface area contributed by atoms with Gasteiger partial charge in [-0.05, 0) is 86.5 Å². The number of hydrogen-bond acceptors (Lipinski definition) is 3. The van der Waals surface area contributed by atoms with E-state index >= 15 is 0 Å². The molecule has 1 aliphatic carbocycles. The van der Waals surface area contributed by atoms with E-state index in [0.29, 0.717) is 30.8 Å². The summed E-state index contributed by atoms with van der Waals surface area (Å²) in [6.45, 7) is 6.47. The molecule has 1 atom stereocenters. The summed E-state index contributed by atoms with van der Waals surface area (Å²) in [5, 5.41) is 0.701. The van der Waals surface area contributed by atoms with E-state index in [0.717, 1.165) is 29.5 Å². The Labute approximate surface area is 180 Å². The minimum absolute atomic E-state index is 0.0427. The van der Waals surface area contributed by atoms with Gasteiger partial charge in [-0.25, -0.2) is 12.8 Å². The monoisotopic (exact) mass is 492 g/mol. The number of nitrogens with zero attached hydrogens (tertiary/aromatic N) is 2. The molecule has 0 amide bonds. The van der Waals surface area contributed by atoms with Gasteiger partial charge in [-0.15, -0.1) is 0 Å². The Kier molecular flexibility index (Phi) is 5.09. The first-order valence-electron chi connectivity index (χ1n) is 9.86. The number of halogens is 3. The predicted octanol–water partition coefficient (Wildman–Crippen LogP) is 4.93. The molecule has 1 aromatic rings. The zero-order valence-electron chi connectivity index (χ0n) is 16.5. The number of anilines is 1. The summed E-state index contributed by atoms with van der Waals surface area (Å²) in [4.78, 5) is 2.32. The topological polar surface area (TPSA) is 40.6 Å². The summed E-state index contributed by atoms with van der Waals surface area (Å²) >= 11 is 9.90. The van der Waals surface area contributed by atoms with E-state index in [1.807, 2.05) is 12.1 Å². The van der Waals surface area contributed by atoms with Crippen molar-refractivity contribution in [3.05, 3.63) is 27.2 Å². The number of rotatable bonds is 2. The van der Waals surface area contributed by atoms with Gasteiger partial charge in [0.2, 0.25) is 10.0 Å². The van der Waals surface area contributed by atoms with Crippen LogP contribution >= 0.6 is 27.5 Å². The second-order valence-electron chi connectivity index (χ2n) is 9.43.